The summed E-state index contributed by atoms with van der Waals surface area (Å²) in [5, 5.41) is 49.1. The topological polar surface area (TPSA) is 205 Å². The summed E-state index contributed by atoms with van der Waals surface area (Å²) in [4.78, 5) is 30.5. The van der Waals surface area contributed by atoms with E-state index in [2.05, 4.69) is 21.3 Å². The van der Waals surface area contributed by atoms with Gasteiger partial charge < -0.3 is 25.2 Å². The molecule has 1 aliphatic heterocycles. The number of hydrogen-bond acceptors (Lipinski definition) is 11. The van der Waals surface area contributed by atoms with Gasteiger partial charge in [-0.3, -0.25) is 14.8 Å². The van der Waals surface area contributed by atoms with Gasteiger partial charge in [-0.1, -0.05) is 18.2 Å². The lowest BCUT2D eigenvalue weighted by atomic mass is 9.92. The molecule has 250 valence electrons. The van der Waals surface area contributed by atoms with Crippen LogP contribution < -0.4 is 20.4 Å². The van der Waals surface area contributed by atoms with Crippen LogP contribution in [0.25, 0.3) is 28.3 Å². The first-order valence-corrected chi connectivity index (χ1v) is 14.9. The Balaban J connectivity index is 0.00000174. The maximum atomic E-state index is 14.7. The number of aromatic nitrogens is 2. The molecule has 2 aromatic heterocycles. The molecule has 14 heteroatoms. The van der Waals surface area contributed by atoms with Gasteiger partial charge in [-0.05, 0) is 60.4 Å². The number of hydrogen-bond donors (Lipinski definition) is 5. The molecule has 0 saturated carbocycles. The number of carbonyl (C=O) groups is 2. The summed E-state index contributed by atoms with van der Waals surface area (Å²) in [6, 6.07) is 17.4. The third-order valence-electron chi connectivity index (χ3n) is 7.82. The molecule has 4 aromatic rings. The van der Waals surface area contributed by atoms with E-state index in [1.54, 1.807) is 54.9 Å². The molecule has 13 nitrogen and oxygen atoms in total. The van der Waals surface area contributed by atoms with Crippen LogP contribution in [0.15, 0.2) is 67.0 Å². The number of rotatable bonds is 9. The Kier molecular flexibility index (Phi) is 12.3. The minimum atomic E-state index is -0.703. The Hall–Kier alpha value is -6.35. The molecule has 1 saturated heterocycles. The van der Waals surface area contributed by atoms with Crippen molar-refractivity contribution < 1.29 is 34.1 Å². The summed E-state index contributed by atoms with van der Waals surface area (Å²) >= 11 is 0. The maximum Gasteiger partial charge on any atom is 0.290 e. The van der Waals surface area contributed by atoms with Crippen molar-refractivity contribution in [2.75, 3.05) is 25.1 Å². The van der Waals surface area contributed by atoms with E-state index in [1.807, 2.05) is 6.07 Å². The monoisotopic (exact) mass is 665 g/mol. The first-order valence-electron chi connectivity index (χ1n) is 14.9. The van der Waals surface area contributed by atoms with Crippen LogP contribution in [-0.4, -0.2) is 64.0 Å². The number of benzene rings is 2. The van der Waals surface area contributed by atoms with Crippen LogP contribution in [0.3, 0.4) is 0 Å². The van der Waals surface area contributed by atoms with Gasteiger partial charge in [0.2, 0.25) is 0 Å². The van der Waals surface area contributed by atoms with Gasteiger partial charge in [0.25, 0.3) is 12.4 Å². The smallest absolute Gasteiger partial charge is 0.290 e. The molecule has 0 aliphatic carbocycles. The van der Waals surface area contributed by atoms with E-state index < -0.39 is 11.7 Å². The fraction of sp³-hybridized carbons (Fsp3) is 0.200. The number of nitriles is 2. The Labute approximate surface area is 281 Å². The van der Waals surface area contributed by atoms with E-state index in [9.17, 15) is 24.8 Å². The zero-order valence-electron chi connectivity index (χ0n) is 26.3. The Morgan fingerprint density at radius 3 is 2.41 bits per heavy atom. The van der Waals surface area contributed by atoms with Crippen molar-refractivity contribution in [3.05, 3.63) is 95.2 Å². The number of amides is 1. The highest BCUT2D eigenvalue weighted by molar-refractivity contribution is 5.91. The van der Waals surface area contributed by atoms with E-state index in [-0.39, 0.29) is 24.0 Å². The summed E-state index contributed by atoms with van der Waals surface area (Å²) in [6.45, 7) is 1.27. The van der Waals surface area contributed by atoms with Gasteiger partial charge in [0.15, 0.2) is 11.5 Å². The number of phenolic OH excluding ortho intramolecular Hbond substituents is 1. The zero-order valence-corrected chi connectivity index (χ0v) is 26.3. The number of nitrogens with zero attached hydrogens (tertiary/aromatic N) is 5. The molecule has 5 rings (SSSR count). The third-order valence-corrected chi connectivity index (χ3v) is 7.82. The van der Waals surface area contributed by atoms with Crippen molar-refractivity contribution in [1.82, 2.24) is 20.8 Å². The zero-order chi connectivity index (χ0) is 35.3. The Bertz CT molecular complexity index is 1910. The normalized spacial score (nSPS) is 12.7. The summed E-state index contributed by atoms with van der Waals surface area (Å²) in [6.07, 6.45) is 7.19. The molecule has 0 bridgehead atoms. The van der Waals surface area contributed by atoms with Gasteiger partial charge in [0.05, 0.1) is 7.11 Å². The predicted octanol–water partition coefficient (Wildman–Crippen LogP) is 4.39. The first kappa shape index (κ1) is 35.5. The first-order chi connectivity index (χ1) is 23.8. The molecule has 0 radical (unpaired) electrons. The molecular formula is C35H32FN7O6. The van der Waals surface area contributed by atoms with Crippen LogP contribution in [-0.2, 0) is 16.1 Å². The molecule has 49 heavy (non-hydrogen) atoms. The molecular weight excluding hydrogens is 633 g/mol. The SMILES string of the molecule is COc1ccc(-c2cnc(N3CCC(NCc4ccc(/C=C/C(=O)NO)cc4F)CC3)c(C#N)c2-c2ccc(C#N)nc2)cc1O.O=CO. The van der Waals surface area contributed by atoms with Crippen molar-refractivity contribution in [2.24, 2.45) is 0 Å². The van der Waals surface area contributed by atoms with Crippen LogP contribution in [0.4, 0.5) is 10.2 Å². The molecule has 1 amide bonds. The number of carbonyl (C=O) groups excluding carboxylic acids is 1. The maximum absolute atomic E-state index is 14.7. The number of phenols is 1. The van der Waals surface area contributed by atoms with Crippen LogP contribution >= 0.6 is 0 Å². The number of nitrogens with one attached hydrogen (secondary N) is 2. The van der Waals surface area contributed by atoms with Crippen molar-refractivity contribution in [3.8, 4) is 45.9 Å². The number of hydroxylamine groups is 1. The second-order valence-corrected chi connectivity index (χ2v) is 10.7. The van der Waals surface area contributed by atoms with Crippen molar-refractivity contribution >= 4 is 24.3 Å². The van der Waals surface area contributed by atoms with E-state index in [4.69, 9.17) is 24.8 Å². The second kappa shape index (κ2) is 17.0. The molecule has 1 aliphatic rings. The molecule has 2 aromatic carbocycles. The second-order valence-electron chi connectivity index (χ2n) is 10.7. The standard InChI is InChI=1S/C34H30FN7O4.CH2O2/c1-46-31-8-6-22(15-30(31)43)28-20-40-34(27(17-37)33(28)24-5-7-26(16-36)39-19-24)42-12-10-25(11-13-42)38-18-23-4-2-21(14-29(23)35)3-9-32(44)41-45;2-1-3/h2-9,14-15,19-20,25,38,43,45H,10-13,18H2,1H3,(H,41,44);1H,(H,2,3)/b9-3+;. The fourth-order valence-electron chi connectivity index (χ4n) is 5.40. The highest BCUT2D eigenvalue weighted by atomic mass is 19.1. The summed E-state index contributed by atoms with van der Waals surface area (Å²) in [5.74, 6) is -0.333. The van der Waals surface area contributed by atoms with E-state index in [0.717, 1.165) is 18.9 Å². The molecule has 0 unspecified atom stereocenters. The van der Waals surface area contributed by atoms with E-state index in [0.29, 0.717) is 70.1 Å². The van der Waals surface area contributed by atoms with Gasteiger partial charge in [-0.15, -0.1) is 0 Å². The number of methoxy groups -OCH3 is 1. The molecule has 1 fully saturated rings. The van der Waals surface area contributed by atoms with E-state index in [1.165, 1.54) is 24.7 Å². The predicted molar refractivity (Wildman–Crippen MR) is 177 cm³/mol. The van der Waals surface area contributed by atoms with Gasteiger partial charge in [0.1, 0.15) is 35.0 Å². The minimum absolute atomic E-state index is 0.0548. The number of pyridine rings is 2. The lowest BCUT2D eigenvalue weighted by Crippen LogP contribution is -2.43. The van der Waals surface area contributed by atoms with Crippen LogP contribution in [0.1, 0.15) is 35.2 Å². The summed E-state index contributed by atoms with van der Waals surface area (Å²) in [5.41, 5.74) is 5.51. The summed E-state index contributed by atoms with van der Waals surface area (Å²) in [7, 11) is 1.46. The van der Waals surface area contributed by atoms with Crippen molar-refractivity contribution in [1.29, 1.82) is 10.5 Å². The number of piperidine rings is 1. The average molecular weight is 666 g/mol. The summed E-state index contributed by atoms with van der Waals surface area (Å²) < 4.78 is 19.9. The number of anilines is 1. The largest absolute Gasteiger partial charge is 0.504 e. The molecule has 0 spiro atoms. The Morgan fingerprint density at radius 1 is 1.08 bits per heavy atom. The fourth-order valence-corrected chi connectivity index (χ4v) is 5.40. The number of carboxylic acid groups (broad SMARTS) is 1. The van der Waals surface area contributed by atoms with Gasteiger partial charge in [0, 0.05) is 66.4 Å². The number of halogens is 1. The van der Waals surface area contributed by atoms with Crippen LogP contribution in [0, 0.1) is 28.5 Å². The lowest BCUT2D eigenvalue weighted by Gasteiger charge is -2.34. The van der Waals surface area contributed by atoms with Gasteiger partial charge >= 0.3 is 0 Å². The number of aromatic hydroxyl groups is 1. The van der Waals surface area contributed by atoms with Crippen molar-refractivity contribution in [2.45, 2.75) is 25.4 Å². The highest BCUT2D eigenvalue weighted by Crippen LogP contribution is 2.40. The molecule has 3 heterocycles. The Morgan fingerprint density at radius 2 is 1.82 bits per heavy atom. The van der Waals surface area contributed by atoms with E-state index >= 15 is 0 Å². The molecule has 0 atom stereocenters. The lowest BCUT2D eigenvalue weighted by molar-refractivity contribution is -0.124. The van der Waals surface area contributed by atoms with Crippen LogP contribution in [0.2, 0.25) is 0 Å². The minimum Gasteiger partial charge on any atom is -0.504 e. The average Bonchev–Trinajstić information content (AvgIpc) is 3.13. The molecule has 5 N–H and O–H groups in total. The third kappa shape index (κ3) is 8.72. The highest BCUT2D eigenvalue weighted by Gasteiger charge is 2.26. The van der Waals surface area contributed by atoms with Crippen molar-refractivity contribution in [3.63, 3.8) is 0 Å². The van der Waals surface area contributed by atoms with Crippen LogP contribution in [0.5, 0.6) is 11.5 Å². The number of ether oxygens (including phenoxy) is 1. The van der Waals surface area contributed by atoms with Gasteiger partial charge in [-0.25, -0.2) is 19.8 Å². The van der Waals surface area contributed by atoms with Gasteiger partial charge in [-0.2, -0.15) is 10.5 Å². The quantitative estimate of drug-likeness (QED) is 0.0731.